The second kappa shape index (κ2) is 8.62. The second-order valence-corrected chi connectivity index (χ2v) is 9.88. The number of rotatable bonds is 4. The first-order valence-corrected chi connectivity index (χ1v) is 11.6. The fourth-order valence-electron chi connectivity index (χ4n) is 6.82. The standard InChI is InChI=1S/C25H36F2/c1-2-3-17-4-6-18(7-5-17)19-8-9-21-13-22(11-10-20(21)12-19)23-14-24(26)16-25(27)15-23/h14-22H,2-13H2,1H3/t17?,18?,19-,20-,21-,22-/m1/s1. The van der Waals surface area contributed by atoms with Gasteiger partial charge < -0.3 is 0 Å². The normalized spacial score (nSPS) is 37.0. The monoisotopic (exact) mass is 374 g/mol. The first-order valence-electron chi connectivity index (χ1n) is 11.6. The third kappa shape index (κ3) is 4.57. The summed E-state index contributed by atoms with van der Waals surface area (Å²) in [5, 5.41) is 0. The van der Waals surface area contributed by atoms with Crippen LogP contribution < -0.4 is 0 Å². The molecule has 1 aromatic carbocycles. The molecule has 27 heavy (non-hydrogen) atoms. The molecule has 0 N–H and O–H groups in total. The van der Waals surface area contributed by atoms with Crippen LogP contribution in [0.25, 0.3) is 0 Å². The van der Waals surface area contributed by atoms with Crippen LogP contribution >= 0.6 is 0 Å². The molecule has 2 heteroatoms. The van der Waals surface area contributed by atoms with Gasteiger partial charge in [0, 0.05) is 6.07 Å². The Kier molecular flexibility index (Phi) is 6.19. The van der Waals surface area contributed by atoms with Crippen LogP contribution in [0, 0.1) is 41.2 Å². The van der Waals surface area contributed by atoms with Gasteiger partial charge in [-0.1, -0.05) is 32.6 Å². The minimum absolute atomic E-state index is 0.359. The molecule has 0 aliphatic heterocycles. The van der Waals surface area contributed by atoms with Crippen molar-refractivity contribution in [1.29, 1.82) is 0 Å². The molecular weight excluding hydrogens is 338 g/mol. The van der Waals surface area contributed by atoms with E-state index >= 15 is 0 Å². The maximum absolute atomic E-state index is 13.6. The van der Waals surface area contributed by atoms with Gasteiger partial charge in [-0.3, -0.25) is 0 Å². The molecule has 0 spiro atoms. The lowest BCUT2D eigenvalue weighted by molar-refractivity contribution is 0.0711. The average molecular weight is 375 g/mol. The van der Waals surface area contributed by atoms with Crippen molar-refractivity contribution in [2.45, 2.75) is 89.9 Å². The van der Waals surface area contributed by atoms with E-state index in [0.29, 0.717) is 5.92 Å². The minimum Gasteiger partial charge on any atom is -0.207 e. The molecule has 4 rings (SSSR count). The molecule has 0 bridgehead atoms. The number of halogens is 2. The van der Waals surface area contributed by atoms with Crippen LogP contribution in [0.5, 0.6) is 0 Å². The van der Waals surface area contributed by atoms with Crippen LogP contribution in [0.2, 0.25) is 0 Å². The van der Waals surface area contributed by atoms with E-state index in [4.69, 9.17) is 0 Å². The van der Waals surface area contributed by atoms with Gasteiger partial charge in [0.2, 0.25) is 0 Å². The van der Waals surface area contributed by atoms with Gasteiger partial charge in [0.1, 0.15) is 11.6 Å². The predicted molar refractivity (Wildman–Crippen MR) is 108 cm³/mol. The number of hydrogen-bond acceptors (Lipinski definition) is 0. The van der Waals surface area contributed by atoms with Crippen molar-refractivity contribution in [3.63, 3.8) is 0 Å². The van der Waals surface area contributed by atoms with Gasteiger partial charge >= 0.3 is 0 Å². The molecule has 1 aromatic rings. The van der Waals surface area contributed by atoms with Crippen molar-refractivity contribution in [1.82, 2.24) is 0 Å². The van der Waals surface area contributed by atoms with Crippen LogP contribution in [0.3, 0.4) is 0 Å². The first-order chi connectivity index (χ1) is 13.1. The van der Waals surface area contributed by atoms with Gasteiger partial charge in [0.25, 0.3) is 0 Å². The molecule has 0 nitrogen and oxygen atoms in total. The molecule has 0 heterocycles. The van der Waals surface area contributed by atoms with E-state index in [2.05, 4.69) is 6.92 Å². The fraction of sp³-hybridized carbons (Fsp3) is 0.760. The van der Waals surface area contributed by atoms with Gasteiger partial charge in [0.15, 0.2) is 0 Å². The topological polar surface area (TPSA) is 0 Å². The molecule has 3 aliphatic carbocycles. The first kappa shape index (κ1) is 19.4. The van der Waals surface area contributed by atoms with Crippen LogP contribution in [-0.2, 0) is 0 Å². The molecule has 3 aliphatic rings. The highest BCUT2D eigenvalue weighted by molar-refractivity contribution is 5.22. The van der Waals surface area contributed by atoms with Crippen molar-refractivity contribution in [3.8, 4) is 0 Å². The summed E-state index contributed by atoms with van der Waals surface area (Å²) in [6.07, 6.45) is 16.3. The van der Waals surface area contributed by atoms with E-state index in [1.807, 2.05) is 0 Å². The summed E-state index contributed by atoms with van der Waals surface area (Å²) >= 11 is 0. The number of fused-ring (bicyclic) bond motifs is 1. The Hall–Kier alpha value is -0.920. The van der Waals surface area contributed by atoms with E-state index < -0.39 is 11.6 Å². The van der Waals surface area contributed by atoms with E-state index in [1.165, 1.54) is 64.2 Å². The SMILES string of the molecule is CCCC1CCC([C@@H]2CC[C@@H]3C[C@H](c4cc(F)cc(F)c4)CC[C@@H]3C2)CC1. The fourth-order valence-corrected chi connectivity index (χ4v) is 6.82. The molecule has 3 saturated carbocycles. The quantitative estimate of drug-likeness (QED) is 0.503. The molecule has 0 aromatic heterocycles. The summed E-state index contributed by atoms with van der Waals surface area (Å²) in [5.41, 5.74) is 0.891. The average Bonchev–Trinajstić information content (AvgIpc) is 2.67. The smallest absolute Gasteiger partial charge is 0.126 e. The molecule has 0 unspecified atom stereocenters. The lowest BCUT2D eigenvalue weighted by atomic mass is 9.60. The highest BCUT2D eigenvalue weighted by Crippen LogP contribution is 2.51. The van der Waals surface area contributed by atoms with E-state index in [9.17, 15) is 8.78 Å². The highest BCUT2D eigenvalue weighted by Gasteiger charge is 2.39. The van der Waals surface area contributed by atoms with Gasteiger partial charge in [-0.2, -0.15) is 0 Å². The van der Waals surface area contributed by atoms with Crippen molar-refractivity contribution in [3.05, 3.63) is 35.4 Å². The zero-order chi connectivity index (χ0) is 18.8. The van der Waals surface area contributed by atoms with Gasteiger partial charge in [-0.25, -0.2) is 8.78 Å². The summed E-state index contributed by atoms with van der Waals surface area (Å²) in [6, 6.07) is 4.12. The van der Waals surface area contributed by atoms with E-state index in [-0.39, 0.29) is 0 Å². The Balaban J connectivity index is 1.31. The van der Waals surface area contributed by atoms with Gasteiger partial charge in [-0.15, -0.1) is 0 Å². The third-order valence-corrected chi connectivity index (χ3v) is 8.26. The van der Waals surface area contributed by atoms with Crippen LogP contribution in [-0.4, -0.2) is 0 Å². The molecule has 150 valence electrons. The zero-order valence-electron chi connectivity index (χ0n) is 16.9. The Labute approximate surface area is 164 Å². The molecule has 0 saturated heterocycles. The third-order valence-electron chi connectivity index (χ3n) is 8.26. The molecule has 4 atom stereocenters. The summed E-state index contributed by atoms with van der Waals surface area (Å²) < 4.78 is 27.2. The van der Waals surface area contributed by atoms with Gasteiger partial charge in [-0.05, 0) is 105 Å². The summed E-state index contributed by atoms with van der Waals surface area (Å²) in [5.74, 6) is 4.10. The van der Waals surface area contributed by atoms with Crippen LogP contribution in [0.1, 0.15) is 95.5 Å². The maximum Gasteiger partial charge on any atom is 0.126 e. The van der Waals surface area contributed by atoms with Crippen LogP contribution in [0.4, 0.5) is 8.78 Å². The molecule has 0 radical (unpaired) electrons. The number of hydrogen-bond donors (Lipinski definition) is 0. The second-order valence-electron chi connectivity index (χ2n) is 9.88. The van der Waals surface area contributed by atoms with Crippen LogP contribution in [0.15, 0.2) is 18.2 Å². The lowest BCUT2D eigenvalue weighted by Crippen LogP contribution is -2.34. The summed E-state index contributed by atoms with van der Waals surface area (Å²) in [6.45, 7) is 2.32. The van der Waals surface area contributed by atoms with E-state index in [1.54, 1.807) is 12.1 Å². The Bertz CT molecular complexity index is 596. The van der Waals surface area contributed by atoms with Gasteiger partial charge in [0.05, 0.1) is 0 Å². The van der Waals surface area contributed by atoms with E-state index in [0.717, 1.165) is 54.1 Å². The highest BCUT2D eigenvalue weighted by atomic mass is 19.1. The van der Waals surface area contributed by atoms with Crippen molar-refractivity contribution in [2.75, 3.05) is 0 Å². The zero-order valence-corrected chi connectivity index (χ0v) is 16.9. The summed E-state index contributed by atoms with van der Waals surface area (Å²) in [4.78, 5) is 0. The van der Waals surface area contributed by atoms with Crippen molar-refractivity contribution in [2.24, 2.45) is 29.6 Å². The maximum atomic E-state index is 13.6. The Morgan fingerprint density at radius 1 is 0.704 bits per heavy atom. The van der Waals surface area contributed by atoms with Crippen molar-refractivity contribution >= 4 is 0 Å². The predicted octanol–water partition coefficient (Wildman–Crippen LogP) is 7.87. The molecule has 3 fully saturated rings. The molecule has 0 amide bonds. The largest absolute Gasteiger partial charge is 0.207 e. The Morgan fingerprint density at radius 3 is 1.93 bits per heavy atom. The lowest BCUT2D eigenvalue weighted by Gasteiger charge is -2.45. The summed E-state index contributed by atoms with van der Waals surface area (Å²) in [7, 11) is 0. The minimum atomic E-state index is -0.422. The van der Waals surface area contributed by atoms with Crippen molar-refractivity contribution < 1.29 is 8.78 Å². The molecular formula is C25H36F2. The number of benzene rings is 1. The Morgan fingerprint density at radius 2 is 1.26 bits per heavy atom.